The molecular formula is C16H13ClF3NO3. The quantitative estimate of drug-likeness (QED) is 0.866. The first kappa shape index (κ1) is 17.9. The van der Waals surface area contributed by atoms with E-state index in [0.717, 1.165) is 12.1 Å². The number of halogens is 4. The highest BCUT2D eigenvalue weighted by Crippen LogP contribution is 2.37. The minimum atomic E-state index is -4.66. The standard InChI is InChI=1S/C16H13ClF3NO3/c1-23-13-5-3-4-10(14(13)24-2)15(22)21-12-7-6-9(17)8-11(12)16(18,19)20/h3-8H,1-2H3,(H,21,22). The first-order valence-corrected chi connectivity index (χ1v) is 7.04. The molecule has 24 heavy (non-hydrogen) atoms. The minimum Gasteiger partial charge on any atom is -0.493 e. The summed E-state index contributed by atoms with van der Waals surface area (Å²) in [5, 5.41) is 2.15. The van der Waals surface area contributed by atoms with Crippen molar-refractivity contribution in [1.29, 1.82) is 0 Å². The highest BCUT2D eigenvalue weighted by molar-refractivity contribution is 6.30. The molecule has 0 spiro atoms. The second-order valence-electron chi connectivity index (χ2n) is 4.68. The van der Waals surface area contributed by atoms with Gasteiger partial charge in [0.25, 0.3) is 5.91 Å². The number of alkyl halides is 3. The maximum atomic E-state index is 13.1. The Morgan fingerprint density at radius 1 is 1.12 bits per heavy atom. The van der Waals surface area contributed by atoms with E-state index in [4.69, 9.17) is 21.1 Å². The number of anilines is 1. The van der Waals surface area contributed by atoms with Crippen LogP contribution in [0.1, 0.15) is 15.9 Å². The van der Waals surface area contributed by atoms with Crippen molar-refractivity contribution in [3.63, 3.8) is 0 Å². The number of para-hydroxylation sites is 1. The molecule has 2 rings (SSSR count). The Bertz CT molecular complexity index is 763. The summed E-state index contributed by atoms with van der Waals surface area (Å²) >= 11 is 5.61. The van der Waals surface area contributed by atoms with Gasteiger partial charge < -0.3 is 14.8 Å². The van der Waals surface area contributed by atoms with Gasteiger partial charge in [0.1, 0.15) is 0 Å². The largest absolute Gasteiger partial charge is 0.493 e. The third-order valence-corrected chi connectivity index (χ3v) is 3.42. The van der Waals surface area contributed by atoms with Crippen LogP contribution < -0.4 is 14.8 Å². The number of hydrogen-bond donors (Lipinski definition) is 1. The molecule has 0 saturated carbocycles. The van der Waals surface area contributed by atoms with Crippen molar-refractivity contribution in [2.45, 2.75) is 6.18 Å². The first-order chi connectivity index (χ1) is 11.3. The van der Waals surface area contributed by atoms with Crippen LogP contribution in [0.5, 0.6) is 11.5 Å². The number of benzene rings is 2. The van der Waals surface area contributed by atoms with Crippen LogP contribution in [0, 0.1) is 0 Å². The van der Waals surface area contributed by atoms with Crippen LogP contribution in [-0.2, 0) is 6.18 Å². The molecule has 0 heterocycles. The lowest BCUT2D eigenvalue weighted by Gasteiger charge is -2.16. The summed E-state index contributed by atoms with van der Waals surface area (Å²) in [4.78, 5) is 12.4. The summed E-state index contributed by atoms with van der Waals surface area (Å²) in [5.74, 6) is -0.351. The van der Waals surface area contributed by atoms with Gasteiger partial charge in [-0.05, 0) is 30.3 Å². The summed E-state index contributed by atoms with van der Waals surface area (Å²) in [5.41, 5.74) is -1.40. The molecule has 0 saturated heterocycles. The number of carbonyl (C=O) groups excluding carboxylic acids is 1. The second kappa shape index (κ2) is 7.00. The molecule has 128 valence electrons. The molecule has 0 unspecified atom stereocenters. The van der Waals surface area contributed by atoms with Crippen molar-refractivity contribution >= 4 is 23.2 Å². The van der Waals surface area contributed by atoms with Crippen LogP contribution in [0.25, 0.3) is 0 Å². The van der Waals surface area contributed by atoms with Crippen LogP contribution in [-0.4, -0.2) is 20.1 Å². The fraction of sp³-hybridized carbons (Fsp3) is 0.188. The normalized spacial score (nSPS) is 11.1. The number of amides is 1. The molecule has 1 N–H and O–H groups in total. The molecule has 0 aliphatic heterocycles. The SMILES string of the molecule is COc1cccc(C(=O)Nc2ccc(Cl)cc2C(F)(F)F)c1OC. The van der Waals surface area contributed by atoms with E-state index in [0.29, 0.717) is 0 Å². The lowest BCUT2D eigenvalue weighted by atomic mass is 10.1. The van der Waals surface area contributed by atoms with Gasteiger partial charge >= 0.3 is 6.18 Å². The van der Waals surface area contributed by atoms with Crippen molar-refractivity contribution < 1.29 is 27.4 Å². The van der Waals surface area contributed by atoms with Gasteiger partial charge in [0.15, 0.2) is 11.5 Å². The molecular weight excluding hydrogens is 347 g/mol. The topological polar surface area (TPSA) is 47.6 Å². The molecule has 4 nitrogen and oxygen atoms in total. The van der Waals surface area contributed by atoms with Crippen molar-refractivity contribution in [3.8, 4) is 11.5 Å². The fourth-order valence-corrected chi connectivity index (χ4v) is 2.29. The van der Waals surface area contributed by atoms with E-state index in [1.165, 1.54) is 32.4 Å². The number of ether oxygens (including phenoxy) is 2. The summed E-state index contributed by atoms with van der Waals surface area (Å²) in [6.45, 7) is 0. The molecule has 8 heteroatoms. The van der Waals surface area contributed by atoms with E-state index in [9.17, 15) is 18.0 Å². The van der Waals surface area contributed by atoms with Crippen LogP contribution in [0.4, 0.5) is 18.9 Å². The first-order valence-electron chi connectivity index (χ1n) is 6.67. The Morgan fingerprint density at radius 3 is 2.42 bits per heavy atom. The predicted octanol–water partition coefficient (Wildman–Crippen LogP) is 4.63. The van der Waals surface area contributed by atoms with Gasteiger partial charge in [-0.15, -0.1) is 0 Å². The maximum absolute atomic E-state index is 13.1. The Morgan fingerprint density at radius 2 is 1.83 bits per heavy atom. The lowest BCUT2D eigenvalue weighted by Crippen LogP contribution is -2.17. The summed E-state index contributed by atoms with van der Waals surface area (Å²) in [6.07, 6.45) is -4.66. The van der Waals surface area contributed by atoms with Crippen molar-refractivity contribution in [1.82, 2.24) is 0 Å². The number of carbonyl (C=O) groups is 1. The third kappa shape index (κ3) is 3.73. The van der Waals surface area contributed by atoms with E-state index in [1.807, 2.05) is 0 Å². The van der Waals surface area contributed by atoms with Crippen molar-refractivity contribution in [2.24, 2.45) is 0 Å². The van der Waals surface area contributed by atoms with Gasteiger partial charge in [0, 0.05) is 5.02 Å². The zero-order valence-corrected chi connectivity index (χ0v) is 13.5. The Kier molecular flexibility index (Phi) is 5.23. The maximum Gasteiger partial charge on any atom is 0.418 e. The summed E-state index contributed by atoms with van der Waals surface area (Å²) < 4.78 is 49.5. The molecule has 2 aromatic carbocycles. The van der Waals surface area contributed by atoms with Gasteiger partial charge in [-0.25, -0.2) is 0 Å². The van der Waals surface area contributed by atoms with Gasteiger partial charge in [0.2, 0.25) is 0 Å². The third-order valence-electron chi connectivity index (χ3n) is 3.18. The highest BCUT2D eigenvalue weighted by Gasteiger charge is 2.34. The van der Waals surface area contributed by atoms with Crippen LogP contribution in [0.15, 0.2) is 36.4 Å². The molecule has 0 aliphatic carbocycles. The monoisotopic (exact) mass is 359 g/mol. The smallest absolute Gasteiger partial charge is 0.418 e. The average molecular weight is 360 g/mol. The number of rotatable bonds is 4. The lowest BCUT2D eigenvalue weighted by molar-refractivity contribution is -0.136. The molecule has 1 amide bonds. The molecule has 0 aliphatic rings. The molecule has 0 radical (unpaired) electrons. The fourth-order valence-electron chi connectivity index (χ4n) is 2.12. The van der Waals surface area contributed by atoms with Crippen molar-refractivity contribution in [3.05, 3.63) is 52.5 Å². The van der Waals surface area contributed by atoms with E-state index >= 15 is 0 Å². The van der Waals surface area contributed by atoms with E-state index in [2.05, 4.69) is 5.32 Å². The van der Waals surface area contributed by atoms with Gasteiger partial charge in [-0.2, -0.15) is 13.2 Å². The number of hydrogen-bond acceptors (Lipinski definition) is 3. The van der Waals surface area contributed by atoms with Crippen LogP contribution >= 0.6 is 11.6 Å². The predicted molar refractivity (Wildman–Crippen MR) is 84.0 cm³/mol. The zero-order valence-electron chi connectivity index (χ0n) is 12.7. The van der Waals surface area contributed by atoms with E-state index < -0.39 is 23.3 Å². The molecule has 0 aromatic heterocycles. The van der Waals surface area contributed by atoms with Gasteiger partial charge in [-0.1, -0.05) is 17.7 Å². The Hall–Kier alpha value is -2.41. The molecule has 2 aromatic rings. The number of methoxy groups -OCH3 is 2. The Labute approximate surface area is 141 Å². The highest BCUT2D eigenvalue weighted by atomic mass is 35.5. The van der Waals surface area contributed by atoms with Gasteiger partial charge in [0.05, 0.1) is 31.0 Å². The summed E-state index contributed by atoms with van der Waals surface area (Å²) in [7, 11) is 2.72. The molecule has 0 bridgehead atoms. The second-order valence-corrected chi connectivity index (χ2v) is 5.12. The van der Waals surface area contributed by atoms with E-state index in [1.54, 1.807) is 6.07 Å². The zero-order chi connectivity index (χ0) is 17.9. The molecule has 0 fully saturated rings. The average Bonchev–Trinajstić information content (AvgIpc) is 2.54. The van der Waals surface area contributed by atoms with Crippen LogP contribution in [0.2, 0.25) is 5.02 Å². The Balaban J connectivity index is 2.42. The van der Waals surface area contributed by atoms with E-state index in [-0.39, 0.29) is 22.1 Å². The van der Waals surface area contributed by atoms with Crippen LogP contribution in [0.3, 0.4) is 0 Å². The summed E-state index contributed by atoms with van der Waals surface area (Å²) in [6, 6.07) is 7.62. The minimum absolute atomic E-state index is 0.0416. The van der Waals surface area contributed by atoms with Crippen molar-refractivity contribution in [2.75, 3.05) is 19.5 Å². The molecule has 0 atom stereocenters. The number of nitrogens with one attached hydrogen (secondary N) is 1. The van der Waals surface area contributed by atoms with Gasteiger partial charge in [-0.3, -0.25) is 4.79 Å².